The summed E-state index contributed by atoms with van der Waals surface area (Å²) >= 11 is 0. The van der Waals surface area contributed by atoms with Crippen molar-refractivity contribution in [1.29, 1.82) is 0 Å². The fraction of sp³-hybridized carbons (Fsp3) is 0.533. The monoisotopic (exact) mass is 389 g/mol. The van der Waals surface area contributed by atoms with Gasteiger partial charge in [0.1, 0.15) is 0 Å². The second-order valence-electron chi connectivity index (χ2n) is 6.70. The van der Waals surface area contributed by atoms with Crippen molar-refractivity contribution in [1.82, 2.24) is 4.90 Å². The molecule has 0 aromatic heterocycles. The minimum atomic E-state index is -3.36. The van der Waals surface area contributed by atoms with Crippen LogP contribution in [0.15, 0.2) is 24.3 Å². The Morgan fingerprint density at radius 3 is 2.24 bits per heavy atom. The van der Waals surface area contributed by atoms with E-state index in [-0.39, 0.29) is 18.3 Å². The highest BCUT2D eigenvalue weighted by Gasteiger charge is 2.37. The Morgan fingerprint density at radius 1 is 1.12 bits per heavy atom. The van der Waals surface area contributed by atoms with Crippen molar-refractivity contribution in [3.63, 3.8) is 0 Å². The zero-order chi connectivity index (χ0) is 18.9. The predicted octanol–water partition coefficient (Wildman–Crippen LogP) is 1.49. The second kappa shape index (κ2) is 6.83. The second-order valence-corrected chi connectivity index (χ2v) is 11.2. The number of anilines is 2. The molecule has 0 saturated carbocycles. The van der Waals surface area contributed by atoms with Crippen molar-refractivity contribution in [2.24, 2.45) is 0 Å². The molecule has 2 N–H and O–H groups in total. The molecule has 1 aliphatic rings. The fourth-order valence-electron chi connectivity index (χ4n) is 2.42. The van der Waals surface area contributed by atoms with Crippen molar-refractivity contribution >= 4 is 37.3 Å². The van der Waals surface area contributed by atoms with E-state index < -0.39 is 24.6 Å². The van der Waals surface area contributed by atoms with E-state index in [1.54, 1.807) is 26.0 Å². The Kier molecular flexibility index (Phi) is 5.33. The quantitative estimate of drug-likeness (QED) is 0.813. The highest BCUT2D eigenvalue weighted by Crippen LogP contribution is 2.25. The summed E-state index contributed by atoms with van der Waals surface area (Å²) in [6.07, 6.45) is 1.43. The first-order chi connectivity index (χ1) is 11.4. The molecule has 1 fully saturated rings. The summed E-state index contributed by atoms with van der Waals surface area (Å²) < 4.78 is 48.2. The van der Waals surface area contributed by atoms with E-state index in [4.69, 9.17) is 0 Å². The molecule has 25 heavy (non-hydrogen) atoms. The van der Waals surface area contributed by atoms with Gasteiger partial charge in [0, 0.05) is 24.5 Å². The molecule has 0 bridgehead atoms. The lowest BCUT2D eigenvalue weighted by Crippen LogP contribution is -2.37. The van der Waals surface area contributed by atoms with E-state index in [1.165, 1.54) is 17.0 Å². The molecule has 0 atom stereocenters. The molecule has 1 aliphatic heterocycles. The third-order valence-corrected chi connectivity index (χ3v) is 7.40. The number of carbonyl (C=O) groups is 1. The van der Waals surface area contributed by atoms with Gasteiger partial charge in [-0.3, -0.25) is 4.72 Å². The average molecular weight is 389 g/mol. The van der Waals surface area contributed by atoms with E-state index in [1.807, 2.05) is 0 Å². The first-order valence-electron chi connectivity index (χ1n) is 7.76. The summed E-state index contributed by atoms with van der Waals surface area (Å²) in [5.74, 6) is -0.0648. The maximum Gasteiger partial charge on any atom is 0.321 e. The Morgan fingerprint density at radius 2 is 1.68 bits per heavy atom. The zero-order valence-electron chi connectivity index (χ0n) is 14.4. The van der Waals surface area contributed by atoms with E-state index in [0.717, 1.165) is 6.26 Å². The number of rotatable bonds is 3. The standard InChI is InChI=1S/C15H23N3O5S2/c1-15(2)8-9-18(10-11-25(15,22)23)14(19)16-12-4-6-13(7-5-12)17-24(3,20)21/h4-7,17H,8-11H2,1-3H3,(H,16,19). The molecular weight excluding hydrogens is 366 g/mol. The van der Waals surface area contributed by atoms with Crippen LogP contribution in [0.1, 0.15) is 20.3 Å². The maximum atomic E-state index is 12.4. The molecule has 2 rings (SSSR count). The Labute approximate surface area is 148 Å². The number of hydrogen-bond donors (Lipinski definition) is 2. The molecule has 2 amide bonds. The fourth-order valence-corrected chi connectivity index (χ4v) is 4.40. The van der Waals surface area contributed by atoms with Gasteiger partial charge in [-0.15, -0.1) is 0 Å². The van der Waals surface area contributed by atoms with Crippen LogP contribution in [0, 0.1) is 0 Å². The first-order valence-corrected chi connectivity index (χ1v) is 11.3. The minimum Gasteiger partial charge on any atom is -0.323 e. The van der Waals surface area contributed by atoms with E-state index in [0.29, 0.717) is 24.3 Å². The third-order valence-electron chi connectivity index (χ3n) is 4.18. The molecule has 1 heterocycles. The van der Waals surface area contributed by atoms with Crippen molar-refractivity contribution in [2.75, 3.05) is 35.1 Å². The number of nitrogens with zero attached hydrogens (tertiary/aromatic N) is 1. The summed E-state index contributed by atoms with van der Waals surface area (Å²) in [5, 5.41) is 2.70. The van der Waals surface area contributed by atoms with Gasteiger partial charge in [0.25, 0.3) is 0 Å². The van der Waals surface area contributed by atoms with E-state index in [2.05, 4.69) is 10.0 Å². The van der Waals surface area contributed by atoms with Gasteiger partial charge < -0.3 is 10.2 Å². The summed E-state index contributed by atoms with van der Waals surface area (Å²) in [6, 6.07) is 5.84. The number of sulfonamides is 1. The molecule has 10 heteroatoms. The molecule has 1 aromatic rings. The molecule has 0 spiro atoms. The van der Waals surface area contributed by atoms with Crippen molar-refractivity contribution in [2.45, 2.75) is 25.0 Å². The highest BCUT2D eigenvalue weighted by molar-refractivity contribution is 7.92. The summed E-state index contributed by atoms with van der Waals surface area (Å²) in [6.45, 7) is 3.85. The minimum absolute atomic E-state index is 0.0648. The van der Waals surface area contributed by atoms with Crippen LogP contribution < -0.4 is 10.0 Å². The molecule has 0 aliphatic carbocycles. The number of carbonyl (C=O) groups excluding carboxylic acids is 1. The van der Waals surface area contributed by atoms with Crippen molar-refractivity contribution < 1.29 is 21.6 Å². The molecule has 8 nitrogen and oxygen atoms in total. The van der Waals surface area contributed by atoms with Gasteiger partial charge in [-0.25, -0.2) is 21.6 Å². The summed E-state index contributed by atoms with van der Waals surface area (Å²) in [4.78, 5) is 13.8. The highest BCUT2D eigenvalue weighted by atomic mass is 32.2. The van der Waals surface area contributed by atoms with Crippen LogP contribution in [0.4, 0.5) is 16.2 Å². The zero-order valence-corrected chi connectivity index (χ0v) is 16.1. The lowest BCUT2D eigenvalue weighted by Gasteiger charge is -2.22. The number of nitrogens with one attached hydrogen (secondary N) is 2. The Balaban J connectivity index is 2.02. The van der Waals surface area contributed by atoms with Crippen LogP contribution in [0.2, 0.25) is 0 Å². The summed E-state index contributed by atoms with van der Waals surface area (Å²) in [7, 11) is -6.61. The van der Waals surface area contributed by atoms with Crippen LogP contribution in [0.3, 0.4) is 0 Å². The summed E-state index contributed by atoms with van der Waals surface area (Å²) in [5.41, 5.74) is 0.888. The Bertz CT molecular complexity index is 846. The van der Waals surface area contributed by atoms with Crippen molar-refractivity contribution in [3.8, 4) is 0 Å². The molecule has 140 valence electrons. The number of hydrogen-bond acceptors (Lipinski definition) is 5. The smallest absolute Gasteiger partial charge is 0.321 e. The average Bonchev–Trinajstić information content (AvgIpc) is 2.57. The van der Waals surface area contributed by atoms with Crippen LogP contribution in [0.25, 0.3) is 0 Å². The van der Waals surface area contributed by atoms with Gasteiger partial charge in [0.2, 0.25) is 10.0 Å². The normalized spacial score (nSPS) is 19.7. The predicted molar refractivity (Wildman–Crippen MR) is 98.0 cm³/mol. The van der Waals surface area contributed by atoms with Crippen LogP contribution in [-0.2, 0) is 19.9 Å². The maximum absolute atomic E-state index is 12.4. The SMILES string of the molecule is CC1(C)CCN(C(=O)Nc2ccc(NS(C)(=O)=O)cc2)CCS1(=O)=O. The molecule has 1 saturated heterocycles. The van der Waals surface area contributed by atoms with Crippen LogP contribution in [-0.4, -0.2) is 57.6 Å². The lowest BCUT2D eigenvalue weighted by molar-refractivity contribution is 0.214. The van der Waals surface area contributed by atoms with Gasteiger partial charge in [-0.2, -0.15) is 0 Å². The third kappa shape index (κ3) is 5.08. The largest absolute Gasteiger partial charge is 0.323 e. The Hall–Kier alpha value is -1.81. The molecular formula is C15H23N3O5S2. The van der Waals surface area contributed by atoms with Gasteiger partial charge in [0.05, 0.1) is 16.8 Å². The number of sulfone groups is 1. The first kappa shape index (κ1) is 19.5. The van der Waals surface area contributed by atoms with Gasteiger partial charge >= 0.3 is 6.03 Å². The van der Waals surface area contributed by atoms with Gasteiger partial charge in [0.15, 0.2) is 9.84 Å². The van der Waals surface area contributed by atoms with E-state index in [9.17, 15) is 21.6 Å². The van der Waals surface area contributed by atoms with E-state index >= 15 is 0 Å². The lowest BCUT2D eigenvalue weighted by atomic mass is 10.1. The molecule has 0 unspecified atom stereocenters. The number of benzene rings is 1. The van der Waals surface area contributed by atoms with Crippen LogP contribution >= 0.6 is 0 Å². The number of amides is 2. The van der Waals surface area contributed by atoms with Crippen molar-refractivity contribution in [3.05, 3.63) is 24.3 Å². The molecule has 1 aromatic carbocycles. The number of urea groups is 1. The topological polar surface area (TPSA) is 113 Å². The van der Waals surface area contributed by atoms with Gasteiger partial charge in [-0.1, -0.05) is 0 Å². The molecule has 0 radical (unpaired) electrons. The van der Waals surface area contributed by atoms with Crippen LogP contribution in [0.5, 0.6) is 0 Å². The van der Waals surface area contributed by atoms with Gasteiger partial charge in [-0.05, 0) is 44.5 Å².